The zero-order chi connectivity index (χ0) is 20.9. The smallest absolute Gasteiger partial charge is 0.267 e. The summed E-state index contributed by atoms with van der Waals surface area (Å²) in [4.78, 5) is 12.9. The van der Waals surface area contributed by atoms with Crippen LogP contribution in [-0.2, 0) is 21.1 Å². The van der Waals surface area contributed by atoms with Gasteiger partial charge in [0.05, 0.1) is 24.4 Å². The number of fused-ring (bicyclic) bond motifs is 1. The molecule has 1 aromatic heterocycles. The van der Waals surface area contributed by atoms with E-state index in [0.29, 0.717) is 24.6 Å². The summed E-state index contributed by atoms with van der Waals surface area (Å²) in [5.74, 6) is 0.0759. The number of hydrogen-bond donors (Lipinski definition) is 1. The van der Waals surface area contributed by atoms with Gasteiger partial charge in [-0.1, -0.05) is 18.2 Å². The monoisotopic (exact) mass is 416 g/mol. The van der Waals surface area contributed by atoms with Crippen LogP contribution < -0.4 is 10.1 Å². The second-order valence-electron chi connectivity index (χ2n) is 6.48. The van der Waals surface area contributed by atoms with Crippen molar-refractivity contribution in [3.05, 3.63) is 60.3 Å². The number of aromatic nitrogens is 1. The van der Waals surface area contributed by atoms with Crippen LogP contribution in [0.3, 0.4) is 0 Å². The molecule has 0 saturated heterocycles. The average Bonchev–Trinajstić information content (AvgIpc) is 3.10. The summed E-state index contributed by atoms with van der Waals surface area (Å²) in [6, 6.07) is 15.7. The molecule has 0 aliphatic carbocycles. The number of sulfone groups is 1. The van der Waals surface area contributed by atoms with E-state index in [-0.39, 0.29) is 23.1 Å². The van der Waals surface area contributed by atoms with Gasteiger partial charge in [0.2, 0.25) is 0 Å². The van der Waals surface area contributed by atoms with Gasteiger partial charge in [-0.25, -0.2) is 8.42 Å². The van der Waals surface area contributed by atoms with Crippen molar-refractivity contribution in [2.24, 2.45) is 0 Å². The lowest BCUT2D eigenvalue weighted by Gasteiger charge is -2.11. The Morgan fingerprint density at radius 2 is 1.79 bits per heavy atom. The van der Waals surface area contributed by atoms with E-state index in [4.69, 9.17) is 9.47 Å². The lowest BCUT2D eigenvalue weighted by molar-refractivity contribution is 0.0944. The van der Waals surface area contributed by atoms with E-state index in [0.717, 1.165) is 10.9 Å². The van der Waals surface area contributed by atoms with E-state index >= 15 is 0 Å². The number of methoxy groups -OCH3 is 2. The Hall–Kier alpha value is -2.84. The molecule has 29 heavy (non-hydrogen) atoms. The second kappa shape index (κ2) is 9.11. The fraction of sp³-hybridized carbons (Fsp3) is 0.286. The van der Waals surface area contributed by atoms with Gasteiger partial charge in [-0.15, -0.1) is 0 Å². The molecular weight excluding hydrogens is 392 g/mol. The highest BCUT2D eigenvalue weighted by Gasteiger charge is 2.18. The number of nitrogens with zero attached hydrogens (tertiary/aromatic N) is 1. The molecule has 0 unspecified atom stereocenters. The molecule has 0 atom stereocenters. The highest BCUT2D eigenvalue weighted by molar-refractivity contribution is 7.91. The van der Waals surface area contributed by atoms with Crippen LogP contribution in [-0.4, -0.2) is 52.0 Å². The molecule has 0 saturated carbocycles. The minimum atomic E-state index is -3.51. The first-order valence-electron chi connectivity index (χ1n) is 9.18. The maximum absolute atomic E-state index is 12.7. The maximum atomic E-state index is 12.7. The zero-order valence-corrected chi connectivity index (χ0v) is 17.2. The number of carbonyl (C=O) groups is 1. The fourth-order valence-electron chi connectivity index (χ4n) is 3.11. The largest absolute Gasteiger partial charge is 0.497 e. The molecule has 1 heterocycles. The van der Waals surface area contributed by atoms with Crippen LogP contribution in [0.1, 0.15) is 10.5 Å². The second-order valence-corrected chi connectivity index (χ2v) is 8.59. The number of rotatable bonds is 9. The summed E-state index contributed by atoms with van der Waals surface area (Å²) >= 11 is 0. The molecule has 2 aromatic carbocycles. The fourth-order valence-corrected chi connectivity index (χ4v) is 4.27. The minimum Gasteiger partial charge on any atom is -0.497 e. The third-order valence-electron chi connectivity index (χ3n) is 4.64. The number of ether oxygens (including phenoxy) is 2. The van der Waals surface area contributed by atoms with Crippen LogP contribution in [0.2, 0.25) is 0 Å². The van der Waals surface area contributed by atoms with E-state index in [1.165, 1.54) is 19.2 Å². The predicted molar refractivity (Wildman–Crippen MR) is 111 cm³/mol. The Balaban J connectivity index is 1.70. The van der Waals surface area contributed by atoms with Gasteiger partial charge in [0, 0.05) is 31.1 Å². The molecule has 0 bridgehead atoms. The quantitative estimate of drug-likeness (QED) is 0.579. The van der Waals surface area contributed by atoms with Crippen molar-refractivity contribution in [1.82, 2.24) is 9.88 Å². The van der Waals surface area contributed by atoms with Crippen molar-refractivity contribution in [2.75, 3.05) is 33.1 Å². The topological polar surface area (TPSA) is 86.6 Å². The lowest BCUT2D eigenvalue weighted by atomic mass is 10.2. The molecule has 0 aliphatic rings. The first-order chi connectivity index (χ1) is 14.0. The van der Waals surface area contributed by atoms with Crippen LogP contribution in [0.4, 0.5) is 0 Å². The summed E-state index contributed by atoms with van der Waals surface area (Å²) in [7, 11) is -0.384. The molecule has 0 radical (unpaired) electrons. The molecule has 7 nitrogen and oxygen atoms in total. The number of benzene rings is 2. The average molecular weight is 416 g/mol. The van der Waals surface area contributed by atoms with Gasteiger partial charge < -0.3 is 19.4 Å². The van der Waals surface area contributed by atoms with Crippen LogP contribution in [0.15, 0.2) is 59.5 Å². The van der Waals surface area contributed by atoms with Crippen molar-refractivity contribution in [2.45, 2.75) is 11.4 Å². The van der Waals surface area contributed by atoms with Gasteiger partial charge in [-0.3, -0.25) is 4.79 Å². The third kappa shape index (κ3) is 4.78. The summed E-state index contributed by atoms with van der Waals surface area (Å²) < 4.78 is 37.0. The standard InChI is InChI=1S/C21H24N2O5S/c1-27-13-12-23-19-6-4-3-5-16(19)15-20(23)21(24)22-11-14-29(25,26)18-9-7-17(28-2)8-10-18/h3-10,15H,11-14H2,1-2H3,(H,22,24). The lowest BCUT2D eigenvalue weighted by Crippen LogP contribution is -2.31. The van der Waals surface area contributed by atoms with Crippen LogP contribution >= 0.6 is 0 Å². The first-order valence-corrected chi connectivity index (χ1v) is 10.8. The molecule has 0 aliphatic heterocycles. The molecule has 1 N–H and O–H groups in total. The van der Waals surface area contributed by atoms with Gasteiger partial charge >= 0.3 is 0 Å². The van der Waals surface area contributed by atoms with Crippen molar-refractivity contribution in [3.63, 3.8) is 0 Å². The Labute approximate surface area is 170 Å². The number of para-hydroxylation sites is 1. The molecule has 3 aromatic rings. The highest BCUT2D eigenvalue weighted by atomic mass is 32.2. The SMILES string of the molecule is COCCn1c(C(=O)NCCS(=O)(=O)c2ccc(OC)cc2)cc2ccccc21. The summed E-state index contributed by atoms with van der Waals surface area (Å²) in [5, 5.41) is 3.66. The summed E-state index contributed by atoms with van der Waals surface area (Å²) in [6.07, 6.45) is 0. The zero-order valence-electron chi connectivity index (χ0n) is 16.4. The van der Waals surface area contributed by atoms with E-state index in [2.05, 4.69) is 5.32 Å². The van der Waals surface area contributed by atoms with Crippen molar-refractivity contribution < 1.29 is 22.7 Å². The van der Waals surface area contributed by atoms with Crippen molar-refractivity contribution in [1.29, 1.82) is 0 Å². The Bertz CT molecular complexity index is 1090. The van der Waals surface area contributed by atoms with Crippen molar-refractivity contribution in [3.8, 4) is 5.75 Å². The molecule has 1 amide bonds. The number of nitrogens with one attached hydrogen (secondary N) is 1. The van der Waals surface area contributed by atoms with E-state index in [1.54, 1.807) is 25.3 Å². The summed E-state index contributed by atoms with van der Waals surface area (Å²) in [6.45, 7) is 1.00. The van der Waals surface area contributed by atoms with E-state index in [9.17, 15) is 13.2 Å². The third-order valence-corrected chi connectivity index (χ3v) is 6.37. The first kappa shape index (κ1) is 20.9. The number of amides is 1. The molecule has 0 spiro atoms. The van der Waals surface area contributed by atoms with Gasteiger partial charge in [-0.2, -0.15) is 0 Å². The van der Waals surface area contributed by atoms with Gasteiger partial charge in [0.25, 0.3) is 5.91 Å². The molecule has 8 heteroatoms. The van der Waals surface area contributed by atoms with Crippen LogP contribution in [0.5, 0.6) is 5.75 Å². The van der Waals surface area contributed by atoms with E-state index in [1.807, 2.05) is 28.8 Å². The Morgan fingerprint density at radius 1 is 1.07 bits per heavy atom. The van der Waals surface area contributed by atoms with Gasteiger partial charge in [-0.05, 0) is 36.4 Å². The summed E-state index contributed by atoms with van der Waals surface area (Å²) in [5.41, 5.74) is 1.41. The Morgan fingerprint density at radius 3 is 2.48 bits per heavy atom. The van der Waals surface area contributed by atoms with Gasteiger partial charge in [0.15, 0.2) is 9.84 Å². The maximum Gasteiger partial charge on any atom is 0.267 e. The van der Waals surface area contributed by atoms with Crippen molar-refractivity contribution >= 4 is 26.6 Å². The molecule has 3 rings (SSSR count). The normalized spacial score (nSPS) is 11.5. The number of carbonyl (C=O) groups excluding carboxylic acids is 1. The Kier molecular flexibility index (Phi) is 6.56. The van der Waals surface area contributed by atoms with Crippen LogP contribution in [0.25, 0.3) is 10.9 Å². The predicted octanol–water partition coefficient (Wildman–Crippen LogP) is 2.50. The highest BCUT2D eigenvalue weighted by Crippen LogP contribution is 2.20. The number of hydrogen-bond acceptors (Lipinski definition) is 5. The van der Waals surface area contributed by atoms with Crippen LogP contribution in [0, 0.1) is 0 Å². The van der Waals surface area contributed by atoms with E-state index < -0.39 is 9.84 Å². The molecule has 0 fully saturated rings. The minimum absolute atomic E-state index is 0.0129. The van der Waals surface area contributed by atoms with Gasteiger partial charge in [0.1, 0.15) is 11.4 Å². The molecule has 154 valence electrons. The molecular formula is C21H24N2O5S.